The van der Waals surface area contributed by atoms with Gasteiger partial charge in [-0.15, -0.1) is 13.7 Å². The molecule has 0 saturated carbocycles. The Balaban J connectivity index is 4.63. The normalized spacial score (nSPS) is 14.4. The minimum atomic E-state index is -6.04. The number of halogens is 8. The zero-order valence-corrected chi connectivity index (χ0v) is 6.46. The van der Waals surface area contributed by atoms with Gasteiger partial charge in [-0.2, -0.15) is 17.6 Å². The molecule has 0 bridgehead atoms. The van der Waals surface area contributed by atoms with Gasteiger partial charge in [0, 0.05) is 0 Å². The first-order chi connectivity index (χ1) is 6.58. The topological polar surface area (TPSA) is 27.7 Å². The van der Waals surface area contributed by atoms with Gasteiger partial charge in [-0.05, 0) is 4.53 Å². The highest BCUT2D eigenvalue weighted by Crippen LogP contribution is 2.40. The van der Waals surface area contributed by atoms with E-state index in [2.05, 4.69) is 9.47 Å². The third-order valence-electron chi connectivity index (χ3n) is 0.905. The van der Waals surface area contributed by atoms with E-state index in [4.69, 9.17) is 0 Å². The lowest BCUT2D eigenvalue weighted by Crippen LogP contribution is -2.48. The summed E-state index contributed by atoms with van der Waals surface area (Å²) in [6, 6.07) is 0. The Morgan fingerprint density at radius 2 is 1.33 bits per heavy atom. The molecule has 0 aromatic carbocycles. The molecule has 3 nitrogen and oxygen atoms in total. The fraction of sp³-hybridized carbons (Fsp3) is 1.00. The minimum Gasteiger partial charge on any atom is -0.264 e. The van der Waals surface area contributed by atoms with Crippen LogP contribution in [0.5, 0.6) is 0 Å². The van der Waals surface area contributed by atoms with E-state index in [-0.39, 0.29) is 0 Å². The van der Waals surface area contributed by atoms with Crippen molar-refractivity contribution in [2.75, 3.05) is 6.86 Å². The summed E-state index contributed by atoms with van der Waals surface area (Å²) >= 11 is 0. The van der Waals surface area contributed by atoms with Crippen LogP contribution in [0.2, 0.25) is 0 Å². The highest BCUT2D eigenvalue weighted by atomic mass is 19.4. The first kappa shape index (κ1) is 14.3. The van der Waals surface area contributed by atoms with Gasteiger partial charge in [-0.1, -0.05) is 0 Å². The van der Waals surface area contributed by atoms with Gasteiger partial charge in [-0.25, -0.2) is 9.13 Å². The Morgan fingerprint density at radius 3 is 1.67 bits per heavy atom. The summed E-state index contributed by atoms with van der Waals surface area (Å²) in [7, 11) is 0. The molecule has 11 heteroatoms. The quantitative estimate of drug-likeness (QED) is 0.535. The molecule has 0 aromatic rings. The summed E-state index contributed by atoms with van der Waals surface area (Å²) in [5, 5.41) is 0. The first-order valence-electron chi connectivity index (χ1n) is 2.91. The number of rotatable bonds is 6. The standard InChI is InChI=1S/C4H2F8O3/c5-1-13-4(10,11)14-2(6,7)3(8,9)15-12/h1H2. The van der Waals surface area contributed by atoms with E-state index >= 15 is 0 Å². The molecule has 0 unspecified atom stereocenters. The van der Waals surface area contributed by atoms with Gasteiger partial charge >= 0.3 is 18.5 Å². The fourth-order valence-corrected chi connectivity index (χ4v) is 0.347. The summed E-state index contributed by atoms with van der Waals surface area (Å²) in [5.74, 6) is 0. The number of hydrogen-bond donors (Lipinski definition) is 0. The average Bonchev–Trinajstić information content (AvgIpc) is 2.01. The molecule has 0 aliphatic carbocycles. The van der Waals surface area contributed by atoms with Gasteiger partial charge in [0.2, 0.25) is 0 Å². The Bertz CT molecular complexity index is 206. The molecule has 0 amide bonds. The molecular weight excluding hydrogens is 248 g/mol. The highest BCUT2D eigenvalue weighted by molar-refractivity contribution is 4.65. The predicted octanol–water partition coefficient (Wildman–Crippen LogP) is 2.58. The molecule has 0 saturated heterocycles. The Morgan fingerprint density at radius 1 is 0.867 bits per heavy atom. The summed E-state index contributed by atoms with van der Waals surface area (Å²) in [5.41, 5.74) is 0. The molecule has 0 heterocycles. The Labute approximate surface area is 76.4 Å². The first-order valence-corrected chi connectivity index (χ1v) is 2.91. The lowest BCUT2D eigenvalue weighted by Gasteiger charge is -2.25. The maximum Gasteiger partial charge on any atom is 0.492 e. The van der Waals surface area contributed by atoms with Crippen LogP contribution in [0.4, 0.5) is 35.3 Å². The Hall–Kier alpha value is -0.680. The van der Waals surface area contributed by atoms with E-state index in [9.17, 15) is 35.3 Å². The van der Waals surface area contributed by atoms with Crippen molar-refractivity contribution in [2.24, 2.45) is 0 Å². The number of alkyl halides is 7. The van der Waals surface area contributed by atoms with Gasteiger partial charge in [0.05, 0.1) is 0 Å². The SMILES string of the molecule is FCOC(F)(F)OC(F)(F)C(F)(F)OF. The van der Waals surface area contributed by atoms with Crippen LogP contribution in [0.1, 0.15) is 0 Å². The van der Waals surface area contributed by atoms with E-state index in [0.29, 0.717) is 0 Å². The lowest BCUT2D eigenvalue weighted by molar-refractivity contribution is -0.548. The van der Waals surface area contributed by atoms with Crippen molar-refractivity contribution in [2.45, 2.75) is 18.5 Å². The highest BCUT2D eigenvalue weighted by Gasteiger charge is 2.66. The molecule has 0 fully saturated rings. The van der Waals surface area contributed by atoms with Gasteiger partial charge in [0.15, 0.2) is 6.86 Å². The van der Waals surface area contributed by atoms with Crippen molar-refractivity contribution >= 4 is 0 Å². The van der Waals surface area contributed by atoms with Crippen molar-refractivity contribution in [1.29, 1.82) is 0 Å². The molecule has 15 heavy (non-hydrogen) atoms. The summed E-state index contributed by atoms with van der Waals surface area (Å²) in [4.78, 5) is 1.44. The summed E-state index contributed by atoms with van der Waals surface area (Å²) < 4.78 is 98.0. The van der Waals surface area contributed by atoms with Crippen LogP contribution < -0.4 is 0 Å². The van der Waals surface area contributed by atoms with E-state index in [1.165, 1.54) is 4.94 Å². The van der Waals surface area contributed by atoms with Crippen LogP contribution in [0.15, 0.2) is 0 Å². The van der Waals surface area contributed by atoms with E-state index in [0.717, 1.165) is 0 Å². The minimum absolute atomic E-state index is 1.44. The lowest BCUT2D eigenvalue weighted by atomic mass is 10.6. The monoisotopic (exact) mass is 250 g/mol. The molecule has 0 aliphatic heterocycles. The Kier molecular flexibility index (Phi) is 4.25. The fourth-order valence-electron chi connectivity index (χ4n) is 0.347. The molecular formula is C4H2F8O3. The molecule has 0 aromatic heterocycles. The van der Waals surface area contributed by atoms with Gasteiger partial charge < -0.3 is 0 Å². The molecule has 0 rings (SSSR count). The predicted molar refractivity (Wildman–Crippen MR) is 25.2 cm³/mol. The largest absolute Gasteiger partial charge is 0.492 e. The molecule has 92 valence electrons. The van der Waals surface area contributed by atoms with Crippen LogP contribution in [0.3, 0.4) is 0 Å². The maximum absolute atomic E-state index is 12.0. The number of ether oxygens (including phenoxy) is 2. The van der Waals surface area contributed by atoms with Crippen LogP contribution in [-0.4, -0.2) is 25.4 Å². The van der Waals surface area contributed by atoms with Crippen molar-refractivity contribution < 1.29 is 49.7 Å². The van der Waals surface area contributed by atoms with Crippen molar-refractivity contribution in [3.05, 3.63) is 0 Å². The molecule has 0 atom stereocenters. The second-order valence-corrected chi connectivity index (χ2v) is 1.93. The van der Waals surface area contributed by atoms with Crippen LogP contribution in [-0.2, 0) is 14.4 Å². The maximum atomic E-state index is 12.0. The van der Waals surface area contributed by atoms with Crippen LogP contribution >= 0.6 is 0 Å². The smallest absolute Gasteiger partial charge is 0.264 e. The zero-order chi connectivity index (χ0) is 12.3. The van der Waals surface area contributed by atoms with Crippen molar-refractivity contribution in [3.8, 4) is 0 Å². The van der Waals surface area contributed by atoms with E-state index in [1.54, 1.807) is 0 Å². The van der Waals surface area contributed by atoms with Gasteiger partial charge in [0.25, 0.3) is 0 Å². The zero-order valence-electron chi connectivity index (χ0n) is 6.46. The number of hydrogen-bond acceptors (Lipinski definition) is 3. The third kappa shape index (κ3) is 3.76. The molecule has 0 aliphatic rings. The van der Waals surface area contributed by atoms with Gasteiger partial charge in [0.1, 0.15) is 0 Å². The second kappa shape index (κ2) is 4.45. The third-order valence-corrected chi connectivity index (χ3v) is 0.905. The van der Waals surface area contributed by atoms with E-state index < -0.39 is 25.4 Å². The van der Waals surface area contributed by atoms with Crippen LogP contribution in [0.25, 0.3) is 0 Å². The van der Waals surface area contributed by atoms with Crippen LogP contribution in [0, 0.1) is 0 Å². The molecule has 0 radical (unpaired) electrons. The van der Waals surface area contributed by atoms with Gasteiger partial charge in [-0.3, -0.25) is 4.74 Å². The second-order valence-electron chi connectivity index (χ2n) is 1.93. The van der Waals surface area contributed by atoms with Crippen molar-refractivity contribution in [1.82, 2.24) is 0 Å². The summed E-state index contributed by atoms with van der Waals surface area (Å²) in [6.45, 7) is -2.29. The molecule has 0 spiro atoms. The molecule has 0 N–H and O–H groups in total. The van der Waals surface area contributed by atoms with E-state index in [1.807, 2.05) is 0 Å². The summed E-state index contributed by atoms with van der Waals surface area (Å²) in [6.07, 6.45) is -17.4. The average molecular weight is 250 g/mol. The van der Waals surface area contributed by atoms with Crippen molar-refractivity contribution in [3.63, 3.8) is 0 Å².